The molecular formula is C26H24F2IN5O2S. The van der Waals surface area contributed by atoms with Gasteiger partial charge in [0.25, 0.3) is 10.0 Å². The van der Waals surface area contributed by atoms with Crippen LogP contribution in [0.4, 0.5) is 14.6 Å². The van der Waals surface area contributed by atoms with Gasteiger partial charge < -0.3 is 5.32 Å². The second-order valence-corrected chi connectivity index (χ2v) is 12.4. The lowest BCUT2D eigenvalue weighted by atomic mass is 9.88. The minimum absolute atomic E-state index is 0.0117. The van der Waals surface area contributed by atoms with Crippen LogP contribution in [-0.4, -0.2) is 32.8 Å². The highest BCUT2D eigenvalue weighted by Gasteiger charge is 2.28. The Kier molecular flexibility index (Phi) is 7.27. The lowest BCUT2D eigenvalue weighted by Gasteiger charge is -2.30. The normalized spacial score (nSPS) is 12.9. The molecule has 0 aliphatic carbocycles. The van der Waals surface area contributed by atoms with Crippen LogP contribution in [0.25, 0.3) is 22.3 Å². The van der Waals surface area contributed by atoms with Crippen molar-refractivity contribution in [2.45, 2.75) is 38.6 Å². The molecule has 0 spiro atoms. The number of aromatic nitrogens is 3. The summed E-state index contributed by atoms with van der Waals surface area (Å²) in [4.78, 5) is 8.45. The first-order chi connectivity index (χ1) is 17.4. The number of halogens is 3. The molecule has 0 bridgehead atoms. The molecule has 0 fully saturated rings. The minimum Gasteiger partial charge on any atom is -0.364 e. The summed E-state index contributed by atoms with van der Waals surface area (Å²) in [6.07, 6.45) is 2.16. The van der Waals surface area contributed by atoms with Crippen molar-refractivity contribution in [1.29, 1.82) is 5.26 Å². The first-order valence-corrected chi connectivity index (χ1v) is 14.3. The molecule has 0 aliphatic heterocycles. The second kappa shape index (κ2) is 9.98. The molecule has 7 nitrogen and oxygen atoms in total. The molecule has 0 unspecified atom stereocenters. The maximum absolute atomic E-state index is 15.0. The van der Waals surface area contributed by atoms with Crippen LogP contribution in [0, 0.1) is 35.3 Å². The summed E-state index contributed by atoms with van der Waals surface area (Å²) < 4.78 is 57.9. The number of pyridine rings is 2. The zero-order chi connectivity index (χ0) is 27.1. The van der Waals surface area contributed by atoms with Crippen molar-refractivity contribution >= 4 is 49.5 Å². The van der Waals surface area contributed by atoms with E-state index in [0.717, 1.165) is 27.9 Å². The summed E-state index contributed by atoms with van der Waals surface area (Å²) in [6, 6.07) is 10.2. The predicted molar refractivity (Wildman–Crippen MR) is 147 cm³/mol. The number of hydrogen-bond donors (Lipinski definition) is 1. The molecule has 1 atom stereocenters. The fourth-order valence-electron chi connectivity index (χ4n) is 3.78. The van der Waals surface area contributed by atoms with Gasteiger partial charge in [-0.05, 0) is 36.6 Å². The van der Waals surface area contributed by atoms with Crippen LogP contribution in [0.2, 0.25) is 0 Å². The maximum Gasteiger partial charge on any atom is 0.269 e. The van der Waals surface area contributed by atoms with Crippen LogP contribution in [-0.2, 0) is 10.0 Å². The lowest BCUT2D eigenvalue weighted by Crippen LogP contribution is -2.36. The predicted octanol–water partition coefficient (Wildman–Crippen LogP) is 6.06. The van der Waals surface area contributed by atoms with Crippen molar-refractivity contribution in [2.24, 2.45) is 5.41 Å². The molecule has 37 heavy (non-hydrogen) atoms. The third-order valence-electron chi connectivity index (χ3n) is 6.02. The molecule has 0 saturated carbocycles. The highest BCUT2D eigenvalue weighted by atomic mass is 127. The Labute approximate surface area is 227 Å². The fourth-order valence-corrected chi connectivity index (χ4v) is 6.65. The highest BCUT2D eigenvalue weighted by molar-refractivity contribution is 14.1. The van der Waals surface area contributed by atoms with E-state index in [0.29, 0.717) is 4.43 Å². The number of benzene rings is 1. The average Bonchev–Trinajstić information content (AvgIpc) is 3.21. The standard InChI is InChI=1S/C26H24F2IN5O2S/c1-15-5-7-18(8-6-15)37(35,36)34-14-20(19-10-17(27)13-31-25(19)34)23-16(12-30)9-21(28)24(33-23)32-22(11-29)26(2,3)4/h5-10,13-14,22H,11H2,1-4H3,(H,32,33)/t22-/m1/s1. The first-order valence-electron chi connectivity index (χ1n) is 11.3. The van der Waals surface area contributed by atoms with E-state index in [9.17, 15) is 22.5 Å². The van der Waals surface area contributed by atoms with Gasteiger partial charge in [0.05, 0.1) is 22.3 Å². The average molecular weight is 635 g/mol. The Morgan fingerprint density at radius 2 is 1.86 bits per heavy atom. The van der Waals surface area contributed by atoms with Crippen molar-refractivity contribution in [3.05, 3.63) is 71.6 Å². The Bertz CT molecular complexity index is 1640. The molecule has 0 radical (unpaired) electrons. The topological polar surface area (TPSA) is 101 Å². The number of anilines is 1. The Morgan fingerprint density at radius 3 is 2.46 bits per heavy atom. The number of nitrogens with one attached hydrogen (secondary N) is 1. The van der Waals surface area contributed by atoms with Crippen LogP contribution in [0.1, 0.15) is 31.9 Å². The Balaban J connectivity index is 1.97. The summed E-state index contributed by atoms with van der Waals surface area (Å²) in [5.41, 5.74) is 0.643. The van der Waals surface area contributed by atoms with Crippen molar-refractivity contribution in [3.8, 4) is 17.3 Å². The molecule has 11 heteroatoms. The van der Waals surface area contributed by atoms with Gasteiger partial charge in [0.2, 0.25) is 0 Å². The van der Waals surface area contributed by atoms with Gasteiger partial charge in [0, 0.05) is 27.6 Å². The summed E-state index contributed by atoms with van der Waals surface area (Å²) in [5, 5.41) is 13.0. The van der Waals surface area contributed by atoms with Gasteiger partial charge in [0.1, 0.15) is 11.9 Å². The van der Waals surface area contributed by atoms with E-state index in [4.69, 9.17) is 0 Å². The molecule has 4 aromatic rings. The monoisotopic (exact) mass is 635 g/mol. The maximum atomic E-state index is 15.0. The van der Waals surface area contributed by atoms with Gasteiger partial charge in [-0.1, -0.05) is 61.1 Å². The molecule has 1 aromatic carbocycles. The molecule has 0 saturated heterocycles. The van der Waals surface area contributed by atoms with Crippen molar-refractivity contribution < 1.29 is 17.2 Å². The van der Waals surface area contributed by atoms with E-state index in [1.807, 2.05) is 33.8 Å². The van der Waals surface area contributed by atoms with Crippen LogP contribution in [0.5, 0.6) is 0 Å². The summed E-state index contributed by atoms with van der Waals surface area (Å²) in [6.45, 7) is 7.85. The van der Waals surface area contributed by atoms with Crippen LogP contribution >= 0.6 is 22.6 Å². The quantitative estimate of drug-likeness (QED) is 0.205. The van der Waals surface area contributed by atoms with Gasteiger partial charge in [-0.15, -0.1) is 0 Å². The summed E-state index contributed by atoms with van der Waals surface area (Å²) in [7, 11) is -4.13. The molecule has 0 amide bonds. The van der Waals surface area contributed by atoms with Crippen molar-refractivity contribution in [3.63, 3.8) is 0 Å². The highest BCUT2D eigenvalue weighted by Crippen LogP contribution is 2.35. The molecular weight excluding hydrogens is 611 g/mol. The summed E-state index contributed by atoms with van der Waals surface area (Å²) >= 11 is 2.20. The lowest BCUT2D eigenvalue weighted by molar-refractivity contribution is 0.364. The van der Waals surface area contributed by atoms with Crippen LogP contribution in [0.3, 0.4) is 0 Å². The number of alkyl halides is 1. The van der Waals surface area contributed by atoms with Gasteiger partial charge in [-0.3, -0.25) is 0 Å². The van der Waals surface area contributed by atoms with E-state index < -0.39 is 21.7 Å². The largest absolute Gasteiger partial charge is 0.364 e. The number of fused-ring (bicyclic) bond motifs is 1. The Morgan fingerprint density at radius 1 is 1.19 bits per heavy atom. The third-order valence-corrected chi connectivity index (χ3v) is 8.56. The zero-order valence-electron chi connectivity index (χ0n) is 20.6. The SMILES string of the molecule is Cc1ccc(S(=O)(=O)n2cc(-c3nc(N[C@H](CI)C(C)(C)C)c(F)cc3C#N)c3cc(F)cnc32)cc1. The van der Waals surface area contributed by atoms with E-state index in [1.54, 1.807) is 12.1 Å². The smallest absolute Gasteiger partial charge is 0.269 e. The van der Waals surface area contributed by atoms with Crippen LogP contribution < -0.4 is 5.32 Å². The van der Waals surface area contributed by atoms with E-state index in [1.165, 1.54) is 18.3 Å². The van der Waals surface area contributed by atoms with E-state index >= 15 is 0 Å². The molecule has 3 aromatic heterocycles. The number of nitrogens with zero attached hydrogens (tertiary/aromatic N) is 4. The molecule has 3 heterocycles. The molecule has 1 N–H and O–H groups in total. The minimum atomic E-state index is -4.13. The van der Waals surface area contributed by atoms with Crippen LogP contribution in [0.15, 0.2) is 53.7 Å². The molecule has 0 aliphatic rings. The van der Waals surface area contributed by atoms with Crippen molar-refractivity contribution in [1.82, 2.24) is 13.9 Å². The van der Waals surface area contributed by atoms with Gasteiger partial charge in [-0.25, -0.2) is 31.1 Å². The fraction of sp³-hybridized carbons (Fsp3) is 0.269. The van der Waals surface area contributed by atoms with E-state index in [2.05, 4.69) is 37.9 Å². The second-order valence-electron chi connectivity index (χ2n) is 9.73. The first kappa shape index (κ1) is 26.9. The third kappa shape index (κ3) is 5.17. The zero-order valence-corrected chi connectivity index (χ0v) is 23.5. The van der Waals surface area contributed by atoms with Gasteiger partial charge in [0.15, 0.2) is 17.3 Å². The Hall–Kier alpha value is -3.11. The number of nitriles is 1. The summed E-state index contributed by atoms with van der Waals surface area (Å²) in [5.74, 6) is -1.51. The number of hydrogen-bond acceptors (Lipinski definition) is 6. The number of rotatable bonds is 6. The van der Waals surface area contributed by atoms with Crippen molar-refractivity contribution in [2.75, 3.05) is 9.74 Å². The van der Waals surface area contributed by atoms with Gasteiger partial charge in [-0.2, -0.15) is 5.26 Å². The van der Waals surface area contributed by atoms with Gasteiger partial charge >= 0.3 is 0 Å². The molecule has 4 rings (SSSR count). The molecule has 192 valence electrons. The van der Waals surface area contributed by atoms with E-state index in [-0.39, 0.29) is 50.0 Å². The number of aryl methyl sites for hydroxylation is 1.